The zero-order valence-corrected chi connectivity index (χ0v) is 18.9. The third kappa shape index (κ3) is 4.01. The molecule has 4 aromatic rings. The van der Waals surface area contributed by atoms with Crippen molar-refractivity contribution < 1.29 is 9.15 Å². The number of hydrogen-bond acceptors (Lipinski definition) is 6. The first-order valence-electron chi connectivity index (χ1n) is 11.1. The van der Waals surface area contributed by atoms with Gasteiger partial charge in [0.1, 0.15) is 17.3 Å². The zero-order valence-electron chi connectivity index (χ0n) is 18.9. The average Bonchev–Trinajstić information content (AvgIpc) is 3.39. The van der Waals surface area contributed by atoms with Crippen molar-refractivity contribution in [2.24, 2.45) is 7.05 Å². The number of rotatable bonds is 6. The summed E-state index contributed by atoms with van der Waals surface area (Å²) in [5.74, 6) is 3.53. The fraction of sp³-hybridized carbons (Fsp3) is 0.360. The van der Waals surface area contributed by atoms with Gasteiger partial charge >= 0.3 is 0 Å². The van der Waals surface area contributed by atoms with E-state index in [1.807, 2.05) is 43.6 Å². The number of nitrogens with zero attached hydrogens (tertiary/aromatic N) is 5. The molecule has 32 heavy (non-hydrogen) atoms. The van der Waals surface area contributed by atoms with Gasteiger partial charge in [-0.05, 0) is 24.4 Å². The molecule has 166 valence electrons. The van der Waals surface area contributed by atoms with Gasteiger partial charge in [0, 0.05) is 63.1 Å². The van der Waals surface area contributed by atoms with Crippen molar-refractivity contribution in [2.75, 3.05) is 33.3 Å². The van der Waals surface area contributed by atoms with E-state index in [1.165, 1.54) is 0 Å². The second-order valence-corrected chi connectivity index (χ2v) is 8.39. The summed E-state index contributed by atoms with van der Waals surface area (Å²) in [6.45, 7) is 7.79. The molecule has 0 saturated carbocycles. The topological polar surface area (TPSA) is 59.6 Å². The minimum Gasteiger partial charge on any atom is -0.496 e. The quantitative estimate of drug-likeness (QED) is 0.462. The Kier molecular flexibility index (Phi) is 5.68. The van der Waals surface area contributed by atoms with Crippen molar-refractivity contribution in [3.63, 3.8) is 0 Å². The van der Waals surface area contributed by atoms with Crippen molar-refractivity contribution in [3.05, 3.63) is 66.1 Å². The van der Waals surface area contributed by atoms with E-state index in [0.29, 0.717) is 5.89 Å². The standard InChI is InChI=1S/C25H29N5O2/c1-18-22(16-29-12-14-30(15-13-29)17-24-26-10-11-28(24)2)27-25(32-18)21-8-9-23(31-3)20-7-5-4-6-19(20)21/h4-11H,12-17H2,1-3H3. The van der Waals surface area contributed by atoms with Crippen molar-refractivity contribution in [1.82, 2.24) is 24.3 Å². The lowest BCUT2D eigenvalue weighted by Gasteiger charge is -2.34. The molecule has 1 aliphatic heterocycles. The summed E-state index contributed by atoms with van der Waals surface area (Å²) in [4.78, 5) is 14.3. The molecule has 0 atom stereocenters. The molecule has 7 nitrogen and oxygen atoms in total. The van der Waals surface area contributed by atoms with Gasteiger partial charge in [0.25, 0.3) is 0 Å². The van der Waals surface area contributed by atoms with Crippen LogP contribution < -0.4 is 4.74 Å². The van der Waals surface area contributed by atoms with Crippen LogP contribution in [-0.2, 0) is 20.1 Å². The average molecular weight is 432 g/mol. The molecule has 0 aliphatic carbocycles. The van der Waals surface area contributed by atoms with Gasteiger partial charge in [-0.25, -0.2) is 9.97 Å². The molecule has 1 aliphatic rings. The molecule has 2 aromatic carbocycles. The largest absolute Gasteiger partial charge is 0.496 e. The summed E-state index contributed by atoms with van der Waals surface area (Å²) in [6, 6.07) is 12.2. The van der Waals surface area contributed by atoms with Crippen LogP contribution in [0.3, 0.4) is 0 Å². The van der Waals surface area contributed by atoms with Gasteiger partial charge in [-0.2, -0.15) is 0 Å². The molecular weight excluding hydrogens is 402 g/mol. The van der Waals surface area contributed by atoms with Gasteiger partial charge in [-0.3, -0.25) is 9.80 Å². The molecule has 7 heteroatoms. The maximum absolute atomic E-state index is 6.13. The highest BCUT2D eigenvalue weighted by atomic mass is 16.5. The third-order valence-corrected chi connectivity index (χ3v) is 6.35. The summed E-state index contributed by atoms with van der Waals surface area (Å²) >= 11 is 0. The van der Waals surface area contributed by atoms with Crippen LogP contribution in [0.4, 0.5) is 0 Å². The van der Waals surface area contributed by atoms with Gasteiger partial charge < -0.3 is 13.7 Å². The highest BCUT2D eigenvalue weighted by Crippen LogP contribution is 2.34. The van der Waals surface area contributed by atoms with Gasteiger partial charge in [-0.1, -0.05) is 24.3 Å². The lowest BCUT2D eigenvalue weighted by molar-refractivity contribution is 0.118. The molecule has 5 rings (SSSR count). The molecule has 0 bridgehead atoms. The highest BCUT2D eigenvalue weighted by molar-refractivity contribution is 5.98. The SMILES string of the molecule is COc1ccc(-c2nc(CN3CCN(Cc4nccn4C)CC3)c(C)o2)c2ccccc12. The predicted molar refractivity (Wildman–Crippen MR) is 124 cm³/mol. The minimum absolute atomic E-state index is 0.671. The van der Waals surface area contributed by atoms with E-state index in [2.05, 4.69) is 38.5 Å². The predicted octanol–water partition coefficient (Wildman–Crippen LogP) is 3.86. The van der Waals surface area contributed by atoms with Crippen LogP contribution >= 0.6 is 0 Å². The summed E-state index contributed by atoms with van der Waals surface area (Å²) < 4.78 is 13.7. The van der Waals surface area contributed by atoms with Crippen molar-refractivity contribution in [1.29, 1.82) is 0 Å². The molecule has 1 fully saturated rings. The lowest BCUT2D eigenvalue weighted by atomic mass is 10.0. The summed E-state index contributed by atoms with van der Waals surface area (Å²) in [7, 11) is 3.75. The number of aromatic nitrogens is 3. The van der Waals surface area contributed by atoms with Gasteiger partial charge in [0.05, 0.1) is 19.3 Å². The van der Waals surface area contributed by atoms with E-state index in [9.17, 15) is 0 Å². The fourth-order valence-electron chi connectivity index (χ4n) is 4.39. The van der Waals surface area contributed by atoms with Gasteiger partial charge in [0.15, 0.2) is 0 Å². The highest BCUT2D eigenvalue weighted by Gasteiger charge is 2.21. The number of aryl methyl sites for hydroxylation is 2. The number of methoxy groups -OCH3 is 1. The van der Waals surface area contributed by atoms with Gasteiger partial charge in [0.2, 0.25) is 5.89 Å². The molecule has 1 saturated heterocycles. The summed E-state index contributed by atoms with van der Waals surface area (Å²) in [5, 5.41) is 2.15. The normalized spacial score (nSPS) is 15.5. The zero-order chi connectivity index (χ0) is 22.1. The van der Waals surface area contributed by atoms with Crippen LogP contribution in [0, 0.1) is 6.92 Å². The Bertz CT molecular complexity index is 1220. The molecule has 3 heterocycles. The van der Waals surface area contributed by atoms with Crippen LogP contribution in [0.1, 0.15) is 17.3 Å². The Morgan fingerprint density at radius 3 is 2.38 bits per heavy atom. The van der Waals surface area contributed by atoms with Crippen LogP contribution in [0.15, 0.2) is 53.2 Å². The first-order chi connectivity index (χ1) is 15.6. The van der Waals surface area contributed by atoms with Gasteiger partial charge in [-0.15, -0.1) is 0 Å². The minimum atomic E-state index is 0.671. The fourth-order valence-corrected chi connectivity index (χ4v) is 4.39. The number of benzene rings is 2. The van der Waals surface area contributed by atoms with Crippen molar-refractivity contribution in [2.45, 2.75) is 20.0 Å². The Labute approximate surface area is 188 Å². The summed E-state index contributed by atoms with van der Waals surface area (Å²) in [5.41, 5.74) is 2.01. The van der Waals surface area contributed by atoms with E-state index < -0.39 is 0 Å². The Morgan fingerprint density at radius 1 is 0.969 bits per heavy atom. The molecule has 0 amide bonds. The lowest BCUT2D eigenvalue weighted by Crippen LogP contribution is -2.45. The number of piperazine rings is 1. The Hall–Kier alpha value is -3.16. The maximum atomic E-state index is 6.13. The van der Waals surface area contributed by atoms with E-state index in [1.54, 1.807) is 7.11 Å². The first kappa shape index (κ1) is 20.7. The molecule has 0 spiro atoms. The Balaban J connectivity index is 1.29. The van der Waals surface area contributed by atoms with Crippen molar-refractivity contribution in [3.8, 4) is 17.2 Å². The molecule has 0 radical (unpaired) electrons. The summed E-state index contributed by atoms with van der Waals surface area (Å²) in [6.07, 6.45) is 3.87. The third-order valence-electron chi connectivity index (χ3n) is 6.35. The second kappa shape index (κ2) is 8.76. The second-order valence-electron chi connectivity index (χ2n) is 8.39. The van der Waals surface area contributed by atoms with E-state index in [4.69, 9.17) is 14.1 Å². The number of ether oxygens (including phenoxy) is 1. The van der Waals surface area contributed by atoms with Crippen molar-refractivity contribution >= 4 is 10.8 Å². The molecule has 0 N–H and O–H groups in total. The number of oxazole rings is 1. The van der Waals surface area contributed by atoms with Crippen LogP contribution in [0.25, 0.3) is 22.2 Å². The number of fused-ring (bicyclic) bond motifs is 1. The number of hydrogen-bond donors (Lipinski definition) is 0. The molecule has 2 aromatic heterocycles. The monoisotopic (exact) mass is 431 g/mol. The molecule has 0 unspecified atom stereocenters. The van der Waals surface area contributed by atoms with Crippen LogP contribution in [0.2, 0.25) is 0 Å². The smallest absolute Gasteiger partial charge is 0.227 e. The molecular formula is C25H29N5O2. The van der Waals surface area contributed by atoms with E-state index in [-0.39, 0.29) is 0 Å². The first-order valence-corrected chi connectivity index (χ1v) is 11.1. The Morgan fingerprint density at radius 2 is 1.69 bits per heavy atom. The van der Waals surface area contributed by atoms with Crippen LogP contribution in [-0.4, -0.2) is 57.6 Å². The maximum Gasteiger partial charge on any atom is 0.227 e. The van der Waals surface area contributed by atoms with Crippen LogP contribution in [0.5, 0.6) is 5.75 Å². The van der Waals surface area contributed by atoms with E-state index >= 15 is 0 Å². The number of imidazole rings is 1. The van der Waals surface area contributed by atoms with E-state index in [0.717, 1.165) is 78.6 Å².